The number of hydrogen-bond donors (Lipinski definition) is 3. The largest absolute Gasteiger partial charge is 0.361 e. The van der Waals surface area contributed by atoms with E-state index in [1.54, 1.807) is 0 Å². The summed E-state index contributed by atoms with van der Waals surface area (Å²) in [4.78, 5) is 14.8. The van der Waals surface area contributed by atoms with Crippen LogP contribution in [0.1, 0.15) is 39.0 Å². The first-order valence-electron chi connectivity index (χ1n) is 7.00. The Kier molecular flexibility index (Phi) is 4.73. The van der Waals surface area contributed by atoms with Gasteiger partial charge in [-0.1, -0.05) is 26.2 Å². The van der Waals surface area contributed by atoms with E-state index in [0.717, 1.165) is 19.3 Å². The van der Waals surface area contributed by atoms with Gasteiger partial charge in [0.2, 0.25) is 5.82 Å². The number of nitro groups is 1. The zero-order chi connectivity index (χ0) is 14.5. The van der Waals surface area contributed by atoms with Gasteiger partial charge in [-0.15, -0.1) is 0 Å². The van der Waals surface area contributed by atoms with Crippen molar-refractivity contribution in [1.29, 1.82) is 0 Å². The molecule has 1 fully saturated rings. The molecule has 1 heterocycles. The number of aromatic nitrogens is 1. The van der Waals surface area contributed by atoms with Gasteiger partial charge >= 0.3 is 5.69 Å². The first-order valence-corrected chi connectivity index (χ1v) is 7.00. The highest BCUT2D eigenvalue weighted by Gasteiger charge is 2.24. The first-order chi connectivity index (χ1) is 9.61. The van der Waals surface area contributed by atoms with Gasteiger partial charge in [-0.2, -0.15) is 0 Å². The quantitative estimate of drug-likeness (QED) is 0.338. The van der Waals surface area contributed by atoms with Crippen molar-refractivity contribution in [3.63, 3.8) is 0 Å². The Labute approximate surface area is 118 Å². The summed E-state index contributed by atoms with van der Waals surface area (Å²) >= 11 is 0. The van der Waals surface area contributed by atoms with Crippen LogP contribution in [0.15, 0.2) is 12.1 Å². The molecule has 1 aliphatic carbocycles. The molecule has 2 unspecified atom stereocenters. The van der Waals surface area contributed by atoms with Gasteiger partial charge in [0.25, 0.3) is 0 Å². The standard InChI is InChI=1S/C13H21N5O2/c1-9-5-3-2-4-6-10(9)15-13-11(18(19)20)7-8-12(16-13)17-14/h7-10H,2-6,14H2,1H3,(H2,15,16,17). The van der Waals surface area contributed by atoms with Crippen LogP contribution in [0.2, 0.25) is 0 Å². The molecule has 0 amide bonds. The molecule has 2 rings (SSSR count). The molecule has 0 saturated heterocycles. The highest BCUT2D eigenvalue weighted by Crippen LogP contribution is 2.29. The van der Waals surface area contributed by atoms with Crippen LogP contribution in [0.25, 0.3) is 0 Å². The average molecular weight is 279 g/mol. The third-order valence-corrected chi connectivity index (χ3v) is 3.90. The van der Waals surface area contributed by atoms with Gasteiger partial charge in [0.1, 0.15) is 5.82 Å². The van der Waals surface area contributed by atoms with Crippen molar-refractivity contribution in [2.24, 2.45) is 11.8 Å². The number of anilines is 2. The number of rotatable bonds is 4. The number of nitrogens with zero attached hydrogens (tertiary/aromatic N) is 2. The van der Waals surface area contributed by atoms with Gasteiger partial charge in [-0.25, -0.2) is 10.8 Å². The molecule has 1 aromatic rings. The average Bonchev–Trinajstić information content (AvgIpc) is 2.64. The molecule has 0 spiro atoms. The third-order valence-electron chi connectivity index (χ3n) is 3.90. The normalized spacial score (nSPS) is 22.9. The third kappa shape index (κ3) is 3.36. The van der Waals surface area contributed by atoms with Crippen LogP contribution in [-0.2, 0) is 0 Å². The van der Waals surface area contributed by atoms with Crippen LogP contribution in [0.4, 0.5) is 17.3 Å². The van der Waals surface area contributed by atoms with Crippen molar-refractivity contribution in [1.82, 2.24) is 4.98 Å². The number of pyridine rings is 1. The summed E-state index contributed by atoms with van der Waals surface area (Å²) in [6.07, 6.45) is 5.74. The topological polar surface area (TPSA) is 106 Å². The molecular formula is C13H21N5O2. The fourth-order valence-electron chi connectivity index (χ4n) is 2.67. The minimum Gasteiger partial charge on any atom is -0.361 e. The Morgan fingerprint density at radius 3 is 2.80 bits per heavy atom. The smallest absolute Gasteiger partial charge is 0.311 e. The Bertz CT molecular complexity index is 480. The van der Waals surface area contributed by atoms with E-state index in [1.165, 1.54) is 25.0 Å². The lowest BCUT2D eigenvalue weighted by Gasteiger charge is -2.23. The van der Waals surface area contributed by atoms with Crippen molar-refractivity contribution < 1.29 is 4.92 Å². The van der Waals surface area contributed by atoms with Crippen LogP contribution < -0.4 is 16.6 Å². The molecular weight excluding hydrogens is 258 g/mol. The molecule has 20 heavy (non-hydrogen) atoms. The van der Waals surface area contributed by atoms with E-state index in [1.807, 2.05) is 0 Å². The van der Waals surface area contributed by atoms with Crippen molar-refractivity contribution in [2.75, 3.05) is 10.7 Å². The molecule has 7 heteroatoms. The van der Waals surface area contributed by atoms with Crippen molar-refractivity contribution in [3.05, 3.63) is 22.2 Å². The molecule has 0 bridgehead atoms. The Morgan fingerprint density at radius 2 is 2.10 bits per heavy atom. The van der Waals surface area contributed by atoms with Crippen molar-refractivity contribution in [2.45, 2.75) is 45.1 Å². The summed E-state index contributed by atoms with van der Waals surface area (Å²) < 4.78 is 0. The van der Waals surface area contributed by atoms with Gasteiger partial charge in [-0.3, -0.25) is 10.1 Å². The number of hydrazine groups is 1. The highest BCUT2D eigenvalue weighted by atomic mass is 16.6. The maximum absolute atomic E-state index is 11.1. The van der Waals surface area contributed by atoms with Crippen LogP contribution in [-0.4, -0.2) is 15.9 Å². The first kappa shape index (κ1) is 14.5. The van der Waals surface area contributed by atoms with Crippen LogP contribution in [0, 0.1) is 16.0 Å². The predicted octanol–water partition coefficient (Wildman–Crippen LogP) is 2.66. The molecule has 1 saturated carbocycles. The van der Waals surface area contributed by atoms with E-state index < -0.39 is 4.92 Å². The Balaban J connectivity index is 2.23. The molecule has 1 aromatic heterocycles. The van der Waals surface area contributed by atoms with E-state index in [4.69, 9.17) is 5.84 Å². The van der Waals surface area contributed by atoms with Crippen molar-refractivity contribution >= 4 is 17.3 Å². The number of nitrogens with two attached hydrogens (primary N) is 1. The van der Waals surface area contributed by atoms with Gasteiger partial charge in [-0.05, 0) is 24.8 Å². The fraction of sp³-hybridized carbons (Fsp3) is 0.615. The zero-order valence-corrected chi connectivity index (χ0v) is 11.6. The number of hydrogen-bond acceptors (Lipinski definition) is 6. The van der Waals surface area contributed by atoms with E-state index in [-0.39, 0.29) is 11.7 Å². The molecule has 1 aliphatic rings. The summed E-state index contributed by atoms with van der Waals surface area (Å²) in [7, 11) is 0. The second kappa shape index (κ2) is 6.51. The molecule has 0 aliphatic heterocycles. The molecule has 0 aromatic carbocycles. The monoisotopic (exact) mass is 279 g/mol. The van der Waals surface area contributed by atoms with Gasteiger partial charge in [0.05, 0.1) is 4.92 Å². The molecule has 0 radical (unpaired) electrons. The summed E-state index contributed by atoms with van der Waals surface area (Å²) in [5.41, 5.74) is 2.41. The lowest BCUT2D eigenvalue weighted by atomic mass is 9.97. The van der Waals surface area contributed by atoms with Crippen LogP contribution in [0.5, 0.6) is 0 Å². The maximum Gasteiger partial charge on any atom is 0.311 e. The number of nitrogens with one attached hydrogen (secondary N) is 2. The highest BCUT2D eigenvalue weighted by molar-refractivity contribution is 5.60. The van der Waals surface area contributed by atoms with Crippen molar-refractivity contribution in [3.8, 4) is 0 Å². The van der Waals surface area contributed by atoms with Crippen LogP contribution in [0.3, 0.4) is 0 Å². The van der Waals surface area contributed by atoms with Crippen LogP contribution >= 0.6 is 0 Å². The summed E-state index contributed by atoms with van der Waals surface area (Å²) in [6.45, 7) is 2.18. The van der Waals surface area contributed by atoms with E-state index in [0.29, 0.717) is 17.6 Å². The van der Waals surface area contributed by atoms with E-state index in [9.17, 15) is 10.1 Å². The number of nitrogen functional groups attached to an aromatic ring is 1. The molecule has 110 valence electrons. The fourth-order valence-corrected chi connectivity index (χ4v) is 2.67. The SMILES string of the molecule is CC1CCCCCC1Nc1nc(NN)ccc1[N+](=O)[O-]. The Hall–Kier alpha value is -1.89. The Morgan fingerprint density at radius 1 is 1.35 bits per heavy atom. The van der Waals surface area contributed by atoms with Gasteiger partial charge in [0, 0.05) is 12.1 Å². The second-order valence-corrected chi connectivity index (χ2v) is 5.33. The van der Waals surface area contributed by atoms with Gasteiger partial charge in [0.15, 0.2) is 0 Å². The maximum atomic E-state index is 11.1. The lowest BCUT2D eigenvalue weighted by Crippen LogP contribution is -2.27. The second-order valence-electron chi connectivity index (χ2n) is 5.33. The summed E-state index contributed by atoms with van der Waals surface area (Å²) in [5.74, 6) is 6.51. The van der Waals surface area contributed by atoms with Gasteiger partial charge < -0.3 is 10.7 Å². The predicted molar refractivity (Wildman–Crippen MR) is 78.4 cm³/mol. The minimum absolute atomic E-state index is 0.0135. The zero-order valence-electron chi connectivity index (χ0n) is 11.6. The minimum atomic E-state index is -0.420. The van der Waals surface area contributed by atoms with E-state index in [2.05, 4.69) is 22.7 Å². The summed E-state index contributed by atoms with van der Waals surface area (Å²) in [5, 5.41) is 14.3. The molecule has 2 atom stereocenters. The molecule has 4 N–H and O–H groups in total. The summed E-state index contributed by atoms with van der Waals surface area (Å²) in [6, 6.07) is 3.14. The lowest BCUT2D eigenvalue weighted by molar-refractivity contribution is -0.384. The molecule has 7 nitrogen and oxygen atoms in total. The van der Waals surface area contributed by atoms with E-state index >= 15 is 0 Å².